The fourth-order valence-electron chi connectivity index (χ4n) is 5.66. The minimum Gasteiger partial charge on any atom is -0.438 e. The average Bonchev–Trinajstić information content (AvgIpc) is 3.47. The van der Waals surface area contributed by atoms with E-state index >= 15 is 0 Å². The summed E-state index contributed by atoms with van der Waals surface area (Å²) in [7, 11) is 0. The SMILES string of the molecule is Cc1cc(-c2ccc3oc4nc(-c5c(C)cccc5C)ccc4c3c2)ncc1CC1CCCC1. The Balaban J connectivity index is 1.37. The lowest BCUT2D eigenvalue weighted by atomic mass is 9.95. The van der Waals surface area contributed by atoms with Gasteiger partial charge in [-0.3, -0.25) is 4.98 Å². The molecule has 0 saturated heterocycles. The van der Waals surface area contributed by atoms with Crippen LogP contribution in [-0.4, -0.2) is 9.97 Å². The average molecular weight is 447 g/mol. The minimum atomic E-state index is 0.684. The molecule has 3 heteroatoms. The first-order valence-corrected chi connectivity index (χ1v) is 12.4. The van der Waals surface area contributed by atoms with E-state index in [2.05, 4.69) is 81.6 Å². The highest BCUT2D eigenvalue weighted by Gasteiger charge is 2.17. The summed E-state index contributed by atoms with van der Waals surface area (Å²) in [5.41, 5.74) is 11.0. The molecule has 170 valence electrons. The lowest BCUT2D eigenvalue weighted by Crippen LogP contribution is -2.02. The third kappa shape index (κ3) is 3.69. The van der Waals surface area contributed by atoms with Crippen LogP contribution in [0.5, 0.6) is 0 Å². The summed E-state index contributed by atoms with van der Waals surface area (Å²) in [5, 5.41) is 2.13. The molecule has 6 rings (SSSR count). The standard InChI is InChI=1S/C31H30N2O/c1-19-7-6-8-20(2)30(19)27-13-12-25-26-17-23(11-14-29(26)34-31(25)33-27)28-15-21(3)24(18-32-28)16-22-9-4-5-10-22/h6-8,11-15,17-18,22H,4-5,9-10,16H2,1-3H3. The van der Waals surface area contributed by atoms with Crippen molar-refractivity contribution in [2.75, 3.05) is 0 Å². The van der Waals surface area contributed by atoms with Crippen molar-refractivity contribution in [1.82, 2.24) is 9.97 Å². The molecule has 0 spiro atoms. The third-order valence-corrected chi connectivity index (χ3v) is 7.57. The van der Waals surface area contributed by atoms with Gasteiger partial charge in [0.1, 0.15) is 5.58 Å². The van der Waals surface area contributed by atoms with Crippen LogP contribution in [0.3, 0.4) is 0 Å². The Labute approximate surface area is 200 Å². The Morgan fingerprint density at radius 2 is 1.62 bits per heavy atom. The molecule has 5 aromatic rings. The van der Waals surface area contributed by atoms with Gasteiger partial charge in [-0.15, -0.1) is 0 Å². The van der Waals surface area contributed by atoms with Gasteiger partial charge in [0.05, 0.1) is 11.4 Å². The van der Waals surface area contributed by atoms with E-state index in [1.165, 1.54) is 59.9 Å². The summed E-state index contributed by atoms with van der Waals surface area (Å²) in [6, 6.07) is 19.2. The highest BCUT2D eigenvalue weighted by atomic mass is 16.3. The normalized spacial score (nSPS) is 14.4. The largest absolute Gasteiger partial charge is 0.438 e. The van der Waals surface area contributed by atoms with Crippen LogP contribution in [0, 0.1) is 26.7 Å². The maximum Gasteiger partial charge on any atom is 0.227 e. The molecular formula is C31H30N2O. The van der Waals surface area contributed by atoms with E-state index < -0.39 is 0 Å². The molecule has 3 aromatic heterocycles. The number of hydrogen-bond donors (Lipinski definition) is 0. The molecule has 1 saturated carbocycles. The van der Waals surface area contributed by atoms with Crippen molar-refractivity contribution < 1.29 is 4.42 Å². The molecule has 34 heavy (non-hydrogen) atoms. The van der Waals surface area contributed by atoms with Crippen molar-refractivity contribution in [3.05, 3.63) is 83.0 Å². The van der Waals surface area contributed by atoms with Gasteiger partial charge in [-0.05, 0) is 91.8 Å². The van der Waals surface area contributed by atoms with Crippen LogP contribution in [0.4, 0.5) is 0 Å². The Hall–Kier alpha value is -3.46. The van der Waals surface area contributed by atoms with E-state index in [4.69, 9.17) is 14.4 Å². The van der Waals surface area contributed by atoms with E-state index in [1.807, 2.05) is 0 Å². The number of pyridine rings is 2. The van der Waals surface area contributed by atoms with Crippen molar-refractivity contribution in [2.24, 2.45) is 5.92 Å². The third-order valence-electron chi connectivity index (χ3n) is 7.57. The number of hydrogen-bond acceptors (Lipinski definition) is 3. The first-order valence-electron chi connectivity index (χ1n) is 12.4. The number of benzene rings is 2. The molecule has 0 amide bonds. The van der Waals surface area contributed by atoms with Gasteiger partial charge >= 0.3 is 0 Å². The predicted molar refractivity (Wildman–Crippen MR) is 140 cm³/mol. The zero-order chi connectivity index (χ0) is 23.2. The van der Waals surface area contributed by atoms with E-state index in [0.29, 0.717) is 5.71 Å². The van der Waals surface area contributed by atoms with Gasteiger partial charge in [0, 0.05) is 28.1 Å². The number of nitrogens with zero attached hydrogens (tertiary/aromatic N) is 2. The maximum atomic E-state index is 6.17. The van der Waals surface area contributed by atoms with Crippen LogP contribution in [0.1, 0.15) is 47.9 Å². The van der Waals surface area contributed by atoms with Gasteiger partial charge in [0.2, 0.25) is 5.71 Å². The van der Waals surface area contributed by atoms with E-state index in [-0.39, 0.29) is 0 Å². The van der Waals surface area contributed by atoms with Gasteiger partial charge in [0.25, 0.3) is 0 Å². The van der Waals surface area contributed by atoms with Gasteiger partial charge in [0.15, 0.2) is 0 Å². The molecule has 1 aliphatic carbocycles. The van der Waals surface area contributed by atoms with Crippen molar-refractivity contribution in [1.29, 1.82) is 0 Å². The molecule has 0 N–H and O–H groups in total. The monoisotopic (exact) mass is 446 g/mol. The van der Waals surface area contributed by atoms with Crippen LogP contribution < -0.4 is 0 Å². The topological polar surface area (TPSA) is 38.9 Å². The van der Waals surface area contributed by atoms with Crippen molar-refractivity contribution >= 4 is 22.1 Å². The van der Waals surface area contributed by atoms with E-state index in [1.54, 1.807) is 0 Å². The van der Waals surface area contributed by atoms with Crippen LogP contribution in [0.2, 0.25) is 0 Å². The lowest BCUT2D eigenvalue weighted by molar-refractivity contribution is 0.544. The summed E-state index contributed by atoms with van der Waals surface area (Å²) in [4.78, 5) is 9.75. The summed E-state index contributed by atoms with van der Waals surface area (Å²) in [6.07, 6.45) is 8.76. The van der Waals surface area contributed by atoms with Gasteiger partial charge in [-0.1, -0.05) is 43.9 Å². The molecule has 0 unspecified atom stereocenters. The van der Waals surface area contributed by atoms with Gasteiger partial charge in [-0.2, -0.15) is 0 Å². The second kappa shape index (κ2) is 8.39. The quantitative estimate of drug-likeness (QED) is 0.278. The molecule has 3 heterocycles. The summed E-state index contributed by atoms with van der Waals surface area (Å²) in [6.45, 7) is 6.49. The number of aryl methyl sites for hydroxylation is 3. The maximum absolute atomic E-state index is 6.17. The lowest BCUT2D eigenvalue weighted by Gasteiger charge is -2.12. The zero-order valence-electron chi connectivity index (χ0n) is 20.2. The van der Waals surface area contributed by atoms with Crippen LogP contribution >= 0.6 is 0 Å². The van der Waals surface area contributed by atoms with E-state index in [9.17, 15) is 0 Å². The van der Waals surface area contributed by atoms with E-state index in [0.717, 1.165) is 39.2 Å². The van der Waals surface area contributed by atoms with Crippen LogP contribution in [0.25, 0.3) is 44.6 Å². The molecule has 1 fully saturated rings. The zero-order valence-corrected chi connectivity index (χ0v) is 20.2. The second-order valence-electron chi connectivity index (χ2n) is 9.98. The summed E-state index contributed by atoms with van der Waals surface area (Å²) < 4.78 is 6.17. The Morgan fingerprint density at radius 3 is 2.38 bits per heavy atom. The molecule has 2 aromatic carbocycles. The highest BCUT2D eigenvalue weighted by molar-refractivity contribution is 6.05. The molecule has 0 bridgehead atoms. The molecule has 3 nitrogen and oxygen atoms in total. The van der Waals surface area contributed by atoms with Crippen molar-refractivity contribution in [3.8, 4) is 22.5 Å². The van der Waals surface area contributed by atoms with Gasteiger partial charge in [-0.25, -0.2) is 4.98 Å². The van der Waals surface area contributed by atoms with Crippen LogP contribution in [0.15, 0.2) is 65.2 Å². The molecule has 0 aliphatic heterocycles. The number of furan rings is 1. The fourth-order valence-corrected chi connectivity index (χ4v) is 5.66. The highest BCUT2D eigenvalue weighted by Crippen LogP contribution is 2.35. The number of rotatable bonds is 4. The van der Waals surface area contributed by atoms with Crippen molar-refractivity contribution in [2.45, 2.75) is 52.9 Å². The molecular weight excluding hydrogens is 416 g/mol. The Bertz CT molecular complexity index is 1500. The molecule has 0 atom stereocenters. The summed E-state index contributed by atoms with van der Waals surface area (Å²) in [5.74, 6) is 0.834. The Kier molecular flexibility index (Phi) is 5.21. The minimum absolute atomic E-state index is 0.684. The first-order chi connectivity index (χ1) is 16.6. The number of aromatic nitrogens is 2. The van der Waals surface area contributed by atoms with Crippen LogP contribution in [-0.2, 0) is 6.42 Å². The molecule has 0 radical (unpaired) electrons. The number of fused-ring (bicyclic) bond motifs is 3. The fraction of sp³-hybridized carbons (Fsp3) is 0.290. The predicted octanol–water partition coefficient (Wildman–Crippen LogP) is 8.37. The Morgan fingerprint density at radius 1 is 0.824 bits per heavy atom. The summed E-state index contributed by atoms with van der Waals surface area (Å²) >= 11 is 0. The first kappa shape index (κ1) is 21.1. The van der Waals surface area contributed by atoms with Crippen molar-refractivity contribution in [3.63, 3.8) is 0 Å². The molecule has 1 aliphatic rings. The second-order valence-corrected chi connectivity index (χ2v) is 9.98. The van der Waals surface area contributed by atoms with Gasteiger partial charge < -0.3 is 4.42 Å². The smallest absolute Gasteiger partial charge is 0.227 e.